The first kappa shape index (κ1) is 15.0. The van der Waals surface area contributed by atoms with Crippen molar-refractivity contribution in [1.29, 1.82) is 0 Å². The molecule has 4 rings (SSSR count). The highest BCUT2D eigenvalue weighted by Crippen LogP contribution is 2.51. The van der Waals surface area contributed by atoms with Crippen molar-refractivity contribution in [3.63, 3.8) is 0 Å². The lowest BCUT2D eigenvalue weighted by Crippen LogP contribution is -2.33. The Morgan fingerprint density at radius 1 is 1.17 bits per heavy atom. The summed E-state index contributed by atoms with van der Waals surface area (Å²) < 4.78 is 11.7. The van der Waals surface area contributed by atoms with Crippen LogP contribution in [0, 0.1) is 17.8 Å². The van der Waals surface area contributed by atoms with Crippen LogP contribution in [0.2, 0.25) is 0 Å². The van der Waals surface area contributed by atoms with E-state index < -0.39 is 17.6 Å². The van der Waals surface area contributed by atoms with E-state index in [1.165, 1.54) is 4.90 Å². The van der Waals surface area contributed by atoms with Crippen LogP contribution >= 0.6 is 0 Å². The van der Waals surface area contributed by atoms with Crippen molar-refractivity contribution in [3.8, 4) is 0 Å². The van der Waals surface area contributed by atoms with Gasteiger partial charge in [0, 0.05) is 20.3 Å². The van der Waals surface area contributed by atoms with Crippen molar-refractivity contribution in [1.82, 2.24) is 0 Å². The summed E-state index contributed by atoms with van der Waals surface area (Å²) in [6.07, 6.45) is 2.08. The Bertz CT molecular complexity index is 765. The molecule has 2 aliphatic heterocycles. The summed E-state index contributed by atoms with van der Waals surface area (Å²) in [5.74, 6) is -1.08. The number of nitrogens with zero attached hydrogens (tertiary/aromatic N) is 1. The number of benzene rings is 1. The van der Waals surface area contributed by atoms with Gasteiger partial charge in [0.1, 0.15) is 11.5 Å². The summed E-state index contributed by atoms with van der Waals surface area (Å²) in [5, 5.41) is 0. The smallest absolute Gasteiger partial charge is 0.245 e. The van der Waals surface area contributed by atoms with Crippen LogP contribution in [0.15, 0.2) is 54.5 Å². The van der Waals surface area contributed by atoms with Gasteiger partial charge >= 0.3 is 0 Å². The van der Waals surface area contributed by atoms with Gasteiger partial charge in [0.15, 0.2) is 0 Å². The predicted molar refractivity (Wildman–Crippen MR) is 87.5 cm³/mol. The lowest BCUT2D eigenvalue weighted by Gasteiger charge is -2.27. The molecule has 3 aliphatic rings. The molecule has 1 aliphatic carbocycles. The average molecular weight is 325 g/mol. The Kier molecular flexibility index (Phi) is 3.10. The Labute approximate surface area is 140 Å². The molecule has 24 heavy (non-hydrogen) atoms. The molecule has 0 N–H and O–H groups in total. The zero-order valence-corrected chi connectivity index (χ0v) is 13.7. The minimum Gasteiger partial charge on any atom is -0.454 e. The van der Waals surface area contributed by atoms with E-state index in [1.807, 2.05) is 32.0 Å². The van der Waals surface area contributed by atoms with Gasteiger partial charge in [-0.1, -0.05) is 24.3 Å². The first-order chi connectivity index (χ1) is 11.4. The Hall–Kier alpha value is -2.56. The molecule has 0 spiro atoms. The zero-order valence-electron chi connectivity index (χ0n) is 13.7. The van der Waals surface area contributed by atoms with Crippen molar-refractivity contribution >= 4 is 17.5 Å². The van der Waals surface area contributed by atoms with Crippen molar-refractivity contribution < 1.29 is 19.1 Å². The fourth-order valence-corrected chi connectivity index (χ4v) is 3.90. The van der Waals surface area contributed by atoms with E-state index >= 15 is 0 Å². The second kappa shape index (κ2) is 4.97. The summed E-state index contributed by atoms with van der Waals surface area (Å²) in [6.45, 7) is 7.50. The number of allylic oxidation sites excluding steroid dienone is 2. The topological polar surface area (TPSA) is 55.8 Å². The fourth-order valence-electron chi connectivity index (χ4n) is 3.90. The third-order valence-electron chi connectivity index (χ3n) is 4.84. The van der Waals surface area contributed by atoms with Gasteiger partial charge in [-0.25, -0.2) is 0 Å². The molecule has 124 valence electrons. The van der Waals surface area contributed by atoms with Crippen LogP contribution in [0.1, 0.15) is 20.3 Å². The van der Waals surface area contributed by atoms with Gasteiger partial charge in [0.25, 0.3) is 0 Å². The van der Waals surface area contributed by atoms with Gasteiger partial charge in [0.2, 0.25) is 17.6 Å². The van der Waals surface area contributed by atoms with Gasteiger partial charge in [-0.05, 0) is 12.1 Å². The highest BCUT2D eigenvalue weighted by molar-refractivity contribution is 6.22. The molecular formula is C19H19NO4. The van der Waals surface area contributed by atoms with E-state index in [4.69, 9.17) is 9.47 Å². The number of anilines is 1. The number of fused-ring (bicyclic) bond motifs is 1. The largest absolute Gasteiger partial charge is 0.454 e. The second-order valence-corrected chi connectivity index (χ2v) is 6.84. The van der Waals surface area contributed by atoms with Crippen molar-refractivity contribution in [2.45, 2.75) is 26.1 Å². The second-order valence-electron chi connectivity index (χ2n) is 6.84. The van der Waals surface area contributed by atoms with Crippen LogP contribution in [-0.2, 0) is 19.1 Å². The molecule has 1 fully saturated rings. The third-order valence-corrected chi connectivity index (χ3v) is 4.84. The average Bonchev–Trinajstić information content (AvgIpc) is 2.99. The normalized spacial score (nSPS) is 30.6. The first-order valence-corrected chi connectivity index (χ1v) is 8.09. The maximum absolute atomic E-state index is 13.0. The highest BCUT2D eigenvalue weighted by Gasteiger charge is 2.57. The first-order valence-electron chi connectivity index (χ1n) is 8.09. The minimum absolute atomic E-state index is 0.178. The van der Waals surface area contributed by atoms with Crippen molar-refractivity contribution in [2.24, 2.45) is 17.8 Å². The van der Waals surface area contributed by atoms with Crippen molar-refractivity contribution in [2.75, 3.05) is 4.90 Å². The summed E-state index contributed by atoms with van der Waals surface area (Å²) in [5.41, 5.74) is 0.604. The van der Waals surface area contributed by atoms with Gasteiger partial charge in [-0.3, -0.25) is 14.5 Å². The number of hydrogen-bond donors (Lipinski definition) is 0. The molecule has 0 aromatic heterocycles. The lowest BCUT2D eigenvalue weighted by atomic mass is 9.75. The SMILES string of the molecule is C=C[C@@H]1C2=C(C[C@@H]3C(=O)N(c4ccccc4)C(=O)[C@H]13)OC(C)(C)O2. The maximum Gasteiger partial charge on any atom is 0.245 e. The standard InChI is InChI=1S/C19H19NO4/c1-4-12-15-13(10-14-16(12)24-19(2,3)23-14)17(21)20(18(15)22)11-8-6-5-7-9-11/h4-9,12-13,15H,1,10H2,2-3H3/t12-,13-,15+/m0/s1. The molecule has 1 aromatic carbocycles. The van der Waals surface area contributed by atoms with E-state index in [9.17, 15) is 9.59 Å². The molecule has 5 heteroatoms. The van der Waals surface area contributed by atoms with E-state index in [-0.39, 0.29) is 17.7 Å². The number of imide groups is 1. The molecule has 1 aromatic rings. The van der Waals surface area contributed by atoms with Crippen LogP contribution in [0.4, 0.5) is 5.69 Å². The minimum atomic E-state index is -0.768. The highest BCUT2D eigenvalue weighted by atomic mass is 16.7. The number of rotatable bonds is 2. The number of carbonyl (C=O) groups excluding carboxylic acids is 2. The van der Waals surface area contributed by atoms with Crippen LogP contribution < -0.4 is 4.90 Å². The van der Waals surface area contributed by atoms with Gasteiger partial charge in [0.05, 0.1) is 23.4 Å². The Balaban J connectivity index is 1.73. The number of hydrogen-bond acceptors (Lipinski definition) is 4. The summed E-state index contributed by atoms with van der Waals surface area (Å²) in [7, 11) is 0. The van der Waals surface area contributed by atoms with Gasteiger partial charge in [-0.2, -0.15) is 0 Å². The molecule has 2 heterocycles. The quantitative estimate of drug-likeness (QED) is 0.619. The van der Waals surface area contributed by atoms with Crippen LogP contribution in [0.5, 0.6) is 0 Å². The van der Waals surface area contributed by atoms with Gasteiger partial charge in [-0.15, -0.1) is 6.58 Å². The van der Waals surface area contributed by atoms with Crippen LogP contribution in [-0.4, -0.2) is 17.6 Å². The Morgan fingerprint density at radius 2 is 1.88 bits per heavy atom. The third kappa shape index (κ3) is 2.00. The van der Waals surface area contributed by atoms with Crippen molar-refractivity contribution in [3.05, 3.63) is 54.5 Å². The Morgan fingerprint density at radius 3 is 2.54 bits per heavy atom. The summed E-state index contributed by atoms with van der Waals surface area (Å²) in [6, 6.07) is 9.03. The van der Waals surface area contributed by atoms with E-state index in [1.54, 1.807) is 18.2 Å². The molecule has 0 saturated carbocycles. The molecule has 0 radical (unpaired) electrons. The number of carbonyl (C=O) groups is 2. The van der Waals surface area contributed by atoms with E-state index in [2.05, 4.69) is 6.58 Å². The fraction of sp³-hybridized carbons (Fsp3) is 0.368. The summed E-state index contributed by atoms with van der Waals surface area (Å²) >= 11 is 0. The molecule has 3 atom stereocenters. The summed E-state index contributed by atoms with van der Waals surface area (Å²) in [4.78, 5) is 27.2. The molecular weight excluding hydrogens is 306 g/mol. The van der Waals surface area contributed by atoms with Gasteiger partial charge < -0.3 is 9.47 Å². The van der Waals surface area contributed by atoms with E-state index in [0.29, 0.717) is 23.6 Å². The monoisotopic (exact) mass is 325 g/mol. The molecule has 1 saturated heterocycles. The molecule has 2 amide bonds. The number of ether oxygens (including phenoxy) is 2. The predicted octanol–water partition coefficient (Wildman–Crippen LogP) is 2.99. The van der Waals surface area contributed by atoms with Crippen LogP contribution in [0.3, 0.4) is 0 Å². The molecule has 0 unspecified atom stereocenters. The number of para-hydroxylation sites is 1. The van der Waals surface area contributed by atoms with E-state index in [0.717, 1.165) is 0 Å². The molecule has 0 bridgehead atoms. The lowest BCUT2D eigenvalue weighted by molar-refractivity contribution is -0.129. The maximum atomic E-state index is 13.0. The zero-order chi connectivity index (χ0) is 17.1. The van der Waals surface area contributed by atoms with Crippen LogP contribution in [0.25, 0.3) is 0 Å². The molecule has 5 nitrogen and oxygen atoms in total. The number of amides is 2.